The zero-order chi connectivity index (χ0) is 10.4. The minimum atomic E-state index is -0.257. The van der Waals surface area contributed by atoms with E-state index in [4.69, 9.17) is 11.6 Å². The molecule has 0 heterocycles. The molecule has 1 rings (SSSR count). The molecule has 0 aliphatic carbocycles. The van der Waals surface area contributed by atoms with Gasteiger partial charge in [-0.1, -0.05) is 23.7 Å². The summed E-state index contributed by atoms with van der Waals surface area (Å²) in [5.74, 6) is -0.257. The van der Waals surface area contributed by atoms with Gasteiger partial charge in [0.05, 0.1) is 24.4 Å². The molecule has 0 saturated heterocycles. The second-order valence-corrected chi connectivity index (χ2v) is 2.97. The number of nitrogens with one attached hydrogen (secondary N) is 2. The van der Waals surface area contributed by atoms with Gasteiger partial charge in [0.25, 0.3) is 5.91 Å². The van der Waals surface area contributed by atoms with Crippen molar-refractivity contribution in [2.24, 2.45) is 0 Å². The molecule has 0 spiro atoms. The Morgan fingerprint density at radius 2 is 2.21 bits per heavy atom. The lowest BCUT2D eigenvalue weighted by Crippen LogP contribution is -2.28. The number of carbonyl (C=O) groups excluding carboxylic acids is 1. The molecule has 0 radical (unpaired) electrons. The maximum Gasteiger partial charge on any atom is 0.262 e. The van der Waals surface area contributed by atoms with Crippen LogP contribution in [0, 0.1) is 0 Å². The van der Waals surface area contributed by atoms with Crippen LogP contribution in [0.3, 0.4) is 0 Å². The molecule has 0 unspecified atom stereocenters. The van der Waals surface area contributed by atoms with Crippen LogP contribution < -0.4 is 10.8 Å². The number of carbonyl (C=O) groups is 1. The fourth-order valence-electron chi connectivity index (χ4n) is 0.930. The van der Waals surface area contributed by atoms with E-state index in [0.29, 0.717) is 5.02 Å². The monoisotopic (exact) mass is 214 g/mol. The summed E-state index contributed by atoms with van der Waals surface area (Å²) in [7, 11) is 1.38. The van der Waals surface area contributed by atoms with Gasteiger partial charge in [-0.25, -0.2) is 5.48 Å². The molecule has 1 amide bonds. The Kier molecular flexibility index (Phi) is 4.22. The quantitative estimate of drug-likeness (QED) is 0.746. The molecular formula is C9H11ClN2O2. The SMILES string of the molecule is CONC(=O)CNc1ccccc1Cl. The molecule has 0 fully saturated rings. The van der Waals surface area contributed by atoms with E-state index in [2.05, 4.69) is 15.6 Å². The van der Waals surface area contributed by atoms with Gasteiger partial charge in [0, 0.05) is 0 Å². The van der Waals surface area contributed by atoms with Crippen molar-refractivity contribution in [1.82, 2.24) is 5.48 Å². The van der Waals surface area contributed by atoms with Crippen LogP contribution in [0.15, 0.2) is 24.3 Å². The van der Waals surface area contributed by atoms with Crippen molar-refractivity contribution >= 4 is 23.2 Å². The predicted octanol–water partition coefficient (Wildman–Crippen LogP) is 1.43. The molecule has 0 bridgehead atoms. The van der Waals surface area contributed by atoms with Crippen molar-refractivity contribution in [2.45, 2.75) is 0 Å². The van der Waals surface area contributed by atoms with Crippen LogP contribution in [0.25, 0.3) is 0 Å². The van der Waals surface area contributed by atoms with Gasteiger partial charge in [0.2, 0.25) is 0 Å². The smallest absolute Gasteiger partial charge is 0.262 e. The summed E-state index contributed by atoms with van der Waals surface area (Å²) in [4.78, 5) is 15.4. The molecule has 1 aromatic carbocycles. The average Bonchev–Trinajstić information content (AvgIpc) is 2.17. The van der Waals surface area contributed by atoms with Gasteiger partial charge >= 0.3 is 0 Å². The first kappa shape index (κ1) is 10.8. The van der Waals surface area contributed by atoms with Crippen molar-refractivity contribution in [2.75, 3.05) is 19.0 Å². The number of hydrogen-bond acceptors (Lipinski definition) is 3. The van der Waals surface area contributed by atoms with E-state index < -0.39 is 0 Å². The van der Waals surface area contributed by atoms with Crippen LogP contribution in [-0.2, 0) is 9.63 Å². The van der Waals surface area contributed by atoms with Crippen molar-refractivity contribution in [1.29, 1.82) is 0 Å². The standard InChI is InChI=1S/C9H11ClN2O2/c1-14-12-9(13)6-11-8-5-3-2-4-7(8)10/h2-5,11H,6H2,1H3,(H,12,13). The normalized spacial score (nSPS) is 9.57. The van der Waals surface area contributed by atoms with Gasteiger partial charge in [-0.05, 0) is 12.1 Å². The van der Waals surface area contributed by atoms with Crippen LogP contribution in [0.5, 0.6) is 0 Å². The third kappa shape index (κ3) is 3.24. The van der Waals surface area contributed by atoms with E-state index >= 15 is 0 Å². The first-order chi connectivity index (χ1) is 6.74. The molecule has 0 atom stereocenters. The summed E-state index contributed by atoms with van der Waals surface area (Å²) >= 11 is 5.86. The summed E-state index contributed by atoms with van der Waals surface area (Å²) in [5.41, 5.74) is 2.91. The lowest BCUT2D eigenvalue weighted by Gasteiger charge is -2.07. The molecule has 0 aliphatic rings. The van der Waals surface area contributed by atoms with E-state index in [0.717, 1.165) is 5.69 Å². The molecule has 2 N–H and O–H groups in total. The molecule has 14 heavy (non-hydrogen) atoms. The Bertz CT molecular complexity index is 317. The van der Waals surface area contributed by atoms with Crippen molar-refractivity contribution in [3.63, 3.8) is 0 Å². The minimum absolute atomic E-state index is 0.123. The van der Waals surface area contributed by atoms with E-state index in [1.165, 1.54) is 7.11 Å². The maximum atomic E-state index is 11.0. The fraction of sp³-hybridized carbons (Fsp3) is 0.222. The van der Waals surface area contributed by atoms with E-state index in [-0.39, 0.29) is 12.5 Å². The lowest BCUT2D eigenvalue weighted by molar-refractivity contribution is -0.129. The van der Waals surface area contributed by atoms with Crippen LogP contribution in [0.4, 0.5) is 5.69 Å². The van der Waals surface area contributed by atoms with Crippen LogP contribution in [-0.4, -0.2) is 19.6 Å². The Morgan fingerprint density at radius 1 is 1.50 bits per heavy atom. The number of para-hydroxylation sites is 1. The number of hydrogen-bond donors (Lipinski definition) is 2. The number of hydroxylamine groups is 1. The highest BCUT2D eigenvalue weighted by Crippen LogP contribution is 2.19. The third-order valence-corrected chi connectivity index (χ3v) is 1.86. The topological polar surface area (TPSA) is 50.4 Å². The van der Waals surface area contributed by atoms with Crippen molar-refractivity contribution < 1.29 is 9.63 Å². The van der Waals surface area contributed by atoms with Crippen molar-refractivity contribution in [3.05, 3.63) is 29.3 Å². The highest BCUT2D eigenvalue weighted by Gasteiger charge is 2.01. The number of halogens is 1. The summed E-state index contributed by atoms with van der Waals surface area (Å²) < 4.78 is 0. The molecular weight excluding hydrogens is 204 g/mol. The van der Waals surface area contributed by atoms with Gasteiger partial charge in [-0.2, -0.15) is 0 Å². The second kappa shape index (κ2) is 5.47. The number of amides is 1. The summed E-state index contributed by atoms with van der Waals surface area (Å²) in [6.45, 7) is 0.123. The Balaban J connectivity index is 2.46. The van der Waals surface area contributed by atoms with Gasteiger partial charge < -0.3 is 5.32 Å². The van der Waals surface area contributed by atoms with Crippen LogP contribution in [0.2, 0.25) is 5.02 Å². The zero-order valence-electron chi connectivity index (χ0n) is 7.71. The van der Waals surface area contributed by atoms with Crippen LogP contribution in [0.1, 0.15) is 0 Å². The fourth-order valence-corrected chi connectivity index (χ4v) is 1.13. The van der Waals surface area contributed by atoms with Gasteiger partial charge in [0.1, 0.15) is 0 Å². The predicted molar refractivity (Wildman–Crippen MR) is 55.1 cm³/mol. The van der Waals surface area contributed by atoms with Gasteiger partial charge in [-0.15, -0.1) is 0 Å². The van der Waals surface area contributed by atoms with Crippen molar-refractivity contribution in [3.8, 4) is 0 Å². The highest BCUT2D eigenvalue weighted by atomic mass is 35.5. The summed E-state index contributed by atoms with van der Waals surface area (Å²) in [6, 6.07) is 7.20. The Morgan fingerprint density at radius 3 is 2.86 bits per heavy atom. The van der Waals surface area contributed by atoms with Gasteiger partial charge in [0.15, 0.2) is 0 Å². The first-order valence-electron chi connectivity index (χ1n) is 4.04. The average molecular weight is 215 g/mol. The molecule has 76 valence electrons. The second-order valence-electron chi connectivity index (χ2n) is 2.56. The number of anilines is 1. The molecule has 0 aliphatic heterocycles. The number of benzene rings is 1. The lowest BCUT2D eigenvalue weighted by atomic mass is 10.3. The van der Waals surface area contributed by atoms with E-state index in [1.807, 2.05) is 12.1 Å². The maximum absolute atomic E-state index is 11.0. The zero-order valence-corrected chi connectivity index (χ0v) is 8.47. The Hall–Kier alpha value is -1.26. The summed E-state index contributed by atoms with van der Waals surface area (Å²) in [5, 5.41) is 3.45. The summed E-state index contributed by atoms with van der Waals surface area (Å²) in [6.07, 6.45) is 0. The highest BCUT2D eigenvalue weighted by molar-refractivity contribution is 6.33. The van der Waals surface area contributed by atoms with Gasteiger partial charge in [-0.3, -0.25) is 9.63 Å². The largest absolute Gasteiger partial charge is 0.375 e. The number of rotatable bonds is 4. The van der Waals surface area contributed by atoms with E-state index in [9.17, 15) is 4.79 Å². The molecule has 4 nitrogen and oxygen atoms in total. The first-order valence-corrected chi connectivity index (χ1v) is 4.42. The van der Waals surface area contributed by atoms with Crippen LogP contribution >= 0.6 is 11.6 Å². The molecule has 5 heteroatoms. The third-order valence-electron chi connectivity index (χ3n) is 1.53. The molecule has 0 aromatic heterocycles. The molecule has 0 saturated carbocycles. The minimum Gasteiger partial charge on any atom is -0.375 e. The molecule has 1 aromatic rings. The van der Waals surface area contributed by atoms with E-state index in [1.54, 1.807) is 12.1 Å². The Labute approximate surface area is 87.2 Å².